The monoisotopic (exact) mass is 316 g/mol. The minimum atomic E-state index is -0.360. The Morgan fingerprint density at radius 1 is 0.625 bits per heavy atom. The fourth-order valence-corrected chi connectivity index (χ4v) is 3.83. The number of methoxy groups -OCH3 is 2. The highest BCUT2D eigenvalue weighted by atomic mass is 16.7. The Balaban J connectivity index is 1.95. The Bertz CT molecular complexity index is 820. The van der Waals surface area contributed by atoms with E-state index in [0.29, 0.717) is 0 Å². The number of hydrogen-bond acceptors (Lipinski definition) is 2. The third-order valence-corrected chi connectivity index (χ3v) is 4.82. The summed E-state index contributed by atoms with van der Waals surface area (Å²) in [6, 6.07) is 25.7. The molecule has 0 saturated heterocycles. The highest BCUT2D eigenvalue weighted by Gasteiger charge is 2.31. The van der Waals surface area contributed by atoms with Crippen LogP contribution in [0.5, 0.6) is 0 Å². The van der Waals surface area contributed by atoms with Gasteiger partial charge >= 0.3 is 0 Å². The van der Waals surface area contributed by atoms with Gasteiger partial charge in [0.05, 0.1) is 0 Å². The first-order chi connectivity index (χ1) is 11.8. The second kappa shape index (κ2) is 6.23. The molecule has 0 saturated carbocycles. The minimum absolute atomic E-state index is 0.210. The van der Waals surface area contributed by atoms with Crippen LogP contribution in [0.4, 0.5) is 0 Å². The third kappa shape index (κ3) is 2.27. The Hall–Kier alpha value is -2.42. The van der Waals surface area contributed by atoms with Gasteiger partial charge in [0, 0.05) is 25.7 Å². The summed E-state index contributed by atoms with van der Waals surface area (Å²) in [6.45, 7) is 0. The van der Waals surface area contributed by atoms with Gasteiger partial charge in [0.2, 0.25) is 0 Å². The van der Waals surface area contributed by atoms with E-state index < -0.39 is 0 Å². The van der Waals surface area contributed by atoms with E-state index in [2.05, 4.69) is 66.7 Å². The maximum atomic E-state index is 5.54. The number of rotatable bonds is 4. The first kappa shape index (κ1) is 15.1. The van der Waals surface area contributed by atoms with Crippen LogP contribution in [0.2, 0.25) is 0 Å². The van der Waals surface area contributed by atoms with E-state index in [1.54, 1.807) is 14.2 Å². The van der Waals surface area contributed by atoms with Crippen LogP contribution < -0.4 is 0 Å². The summed E-state index contributed by atoms with van der Waals surface area (Å²) in [6.07, 6.45) is -0.360. The maximum Gasteiger partial charge on any atom is 0.183 e. The molecule has 1 aliphatic rings. The Morgan fingerprint density at radius 2 is 1.08 bits per heavy atom. The van der Waals surface area contributed by atoms with Gasteiger partial charge in [-0.25, -0.2) is 0 Å². The molecule has 0 radical (unpaired) electrons. The predicted molar refractivity (Wildman–Crippen MR) is 96.0 cm³/mol. The number of hydrogen-bond donors (Lipinski definition) is 0. The molecule has 0 aromatic heterocycles. The lowest BCUT2D eigenvalue weighted by Crippen LogP contribution is -2.10. The van der Waals surface area contributed by atoms with Crippen molar-refractivity contribution >= 4 is 0 Å². The zero-order valence-electron chi connectivity index (χ0n) is 13.9. The van der Waals surface area contributed by atoms with Crippen LogP contribution in [0.1, 0.15) is 34.5 Å². The molecule has 2 nitrogen and oxygen atoms in total. The molecule has 1 aliphatic carbocycles. The molecular weight excluding hydrogens is 296 g/mol. The van der Waals surface area contributed by atoms with E-state index in [-0.39, 0.29) is 12.2 Å². The molecule has 0 fully saturated rings. The van der Waals surface area contributed by atoms with Crippen molar-refractivity contribution in [3.8, 4) is 11.1 Å². The molecule has 0 atom stereocenters. The van der Waals surface area contributed by atoms with Crippen LogP contribution in [0.3, 0.4) is 0 Å². The van der Waals surface area contributed by atoms with Crippen LogP contribution in [-0.2, 0) is 9.47 Å². The molecule has 0 spiro atoms. The van der Waals surface area contributed by atoms with Gasteiger partial charge in [-0.2, -0.15) is 0 Å². The largest absolute Gasteiger partial charge is 0.352 e. The Kier molecular flexibility index (Phi) is 3.93. The van der Waals surface area contributed by atoms with Gasteiger partial charge in [0.15, 0.2) is 6.29 Å². The zero-order valence-corrected chi connectivity index (χ0v) is 13.9. The fraction of sp³-hybridized carbons (Fsp3) is 0.182. The molecule has 0 heterocycles. The second-order valence-corrected chi connectivity index (χ2v) is 6.04. The number of fused-ring (bicyclic) bond motifs is 3. The van der Waals surface area contributed by atoms with Crippen molar-refractivity contribution in [2.45, 2.75) is 12.2 Å². The van der Waals surface area contributed by atoms with Crippen molar-refractivity contribution in [1.29, 1.82) is 0 Å². The average molecular weight is 316 g/mol. The molecule has 0 amide bonds. The smallest absolute Gasteiger partial charge is 0.183 e. The van der Waals surface area contributed by atoms with Gasteiger partial charge in [-0.05, 0) is 27.8 Å². The molecule has 0 unspecified atom stereocenters. The van der Waals surface area contributed by atoms with E-state index >= 15 is 0 Å². The van der Waals surface area contributed by atoms with Crippen LogP contribution in [0.25, 0.3) is 11.1 Å². The Morgan fingerprint density at radius 3 is 1.62 bits per heavy atom. The van der Waals surface area contributed by atoms with Crippen LogP contribution in [-0.4, -0.2) is 14.2 Å². The van der Waals surface area contributed by atoms with E-state index in [0.717, 1.165) is 5.56 Å². The lowest BCUT2D eigenvalue weighted by molar-refractivity contribution is -0.106. The quantitative estimate of drug-likeness (QED) is 0.485. The highest BCUT2D eigenvalue weighted by molar-refractivity contribution is 5.80. The zero-order chi connectivity index (χ0) is 16.5. The van der Waals surface area contributed by atoms with E-state index in [1.165, 1.54) is 27.8 Å². The van der Waals surface area contributed by atoms with Crippen molar-refractivity contribution < 1.29 is 9.47 Å². The molecule has 0 bridgehead atoms. The Labute approximate surface area is 142 Å². The summed E-state index contributed by atoms with van der Waals surface area (Å²) in [5.41, 5.74) is 7.65. The second-order valence-electron chi connectivity index (χ2n) is 6.04. The standard InChI is InChI=1S/C22H20O2/c1-23-22(24-2)20-14-8-7-13-19(20)21-17-11-5-3-9-15(17)16-10-4-6-12-18(16)21/h3-14,21-22H,1-2H3. The SMILES string of the molecule is COC(OC)c1ccccc1C1c2ccccc2-c2ccccc21. The van der Waals surface area contributed by atoms with Gasteiger partial charge in [0.1, 0.15) is 0 Å². The van der Waals surface area contributed by atoms with Crippen molar-refractivity contribution in [2.75, 3.05) is 14.2 Å². The van der Waals surface area contributed by atoms with Crippen molar-refractivity contribution in [1.82, 2.24) is 0 Å². The minimum Gasteiger partial charge on any atom is -0.352 e. The van der Waals surface area contributed by atoms with Crippen LogP contribution in [0, 0.1) is 0 Å². The first-order valence-electron chi connectivity index (χ1n) is 8.17. The normalized spacial score (nSPS) is 13.1. The molecule has 0 aliphatic heterocycles. The van der Waals surface area contributed by atoms with E-state index in [4.69, 9.17) is 9.47 Å². The van der Waals surface area contributed by atoms with Gasteiger partial charge in [0.25, 0.3) is 0 Å². The third-order valence-electron chi connectivity index (χ3n) is 4.82. The predicted octanol–water partition coefficient (Wildman–Crippen LogP) is 5.14. The molecule has 4 rings (SSSR count). The first-order valence-corrected chi connectivity index (χ1v) is 8.17. The van der Waals surface area contributed by atoms with Gasteiger partial charge in [-0.3, -0.25) is 0 Å². The van der Waals surface area contributed by atoms with Gasteiger partial charge in [-0.15, -0.1) is 0 Å². The van der Waals surface area contributed by atoms with E-state index in [1.807, 2.05) is 6.07 Å². The van der Waals surface area contributed by atoms with Crippen molar-refractivity contribution in [3.05, 3.63) is 95.1 Å². The lowest BCUT2D eigenvalue weighted by atomic mass is 9.86. The molecule has 120 valence electrons. The van der Waals surface area contributed by atoms with Crippen LogP contribution in [0.15, 0.2) is 72.8 Å². The summed E-state index contributed by atoms with van der Waals surface area (Å²) >= 11 is 0. The van der Waals surface area contributed by atoms with Crippen molar-refractivity contribution in [2.24, 2.45) is 0 Å². The summed E-state index contributed by atoms with van der Waals surface area (Å²) in [7, 11) is 3.36. The summed E-state index contributed by atoms with van der Waals surface area (Å²) in [5, 5.41) is 0. The van der Waals surface area contributed by atoms with Gasteiger partial charge < -0.3 is 9.47 Å². The summed E-state index contributed by atoms with van der Waals surface area (Å²) in [4.78, 5) is 0. The lowest BCUT2D eigenvalue weighted by Gasteiger charge is -2.22. The molecule has 2 heteroatoms. The number of benzene rings is 3. The highest BCUT2D eigenvalue weighted by Crippen LogP contribution is 2.49. The molecule has 3 aromatic rings. The van der Waals surface area contributed by atoms with Gasteiger partial charge in [-0.1, -0.05) is 72.8 Å². The van der Waals surface area contributed by atoms with Crippen molar-refractivity contribution in [3.63, 3.8) is 0 Å². The molecule has 3 aromatic carbocycles. The molecular formula is C22H20O2. The number of ether oxygens (including phenoxy) is 2. The topological polar surface area (TPSA) is 18.5 Å². The maximum absolute atomic E-state index is 5.54. The fourth-order valence-electron chi connectivity index (χ4n) is 3.83. The molecule has 0 N–H and O–H groups in total. The average Bonchev–Trinajstić information content (AvgIpc) is 2.98. The van der Waals surface area contributed by atoms with E-state index in [9.17, 15) is 0 Å². The summed E-state index contributed by atoms with van der Waals surface area (Å²) in [5.74, 6) is 0.210. The molecule has 24 heavy (non-hydrogen) atoms. The summed E-state index contributed by atoms with van der Waals surface area (Å²) < 4.78 is 11.1. The van der Waals surface area contributed by atoms with Crippen LogP contribution >= 0.6 is 0 Å².